The SMILES string of the molecule is O=C1c2ccccc2C(=O)c2cc(Oc3ccccc3)ccc21.[Na]. The summed E-state index contributed by atoms with van der Waals surface area (Å²) in [6.45, 7) is 0. The van der Waals surface area contributed by atoms with Crippen LogP contribution < -0.4 is 4.74 Å². The molecule has 0 amide bonds. The monoisotopic (exact) mass is 323 g/mol. The molecule has 0 aromatic heterocycles. The van der Waals surface area contributed by atoms with E-state index in [2.05, 4.69) is 0 Å². The fourth-order valence-electron chi connectivity index (χ4n) is 2.77. The minimum absolute atomic E-state index is 0. The van der Waals surface area contributed by atoms with Crippen molar-refractivity contribution < 1.29 is 14.3 Å². The molecule has 24 heavy (non-hydrogen) atoms. The molecule has 1 aliphatic carbocycles. The largest absolute Gasteiger partial charge is 0.457 e. The third kappa shape index (κ3) is 2.82. The normalized spacial score (nSPS) is 12.0. The van der Waals surface area contributed by atoms with E-state index in [1.54, 1.807) is 42.5 Å². The van der Waals surface area contributed by atoms with Crippen molar-refractivity contribution in [2.75, 3.05) is 0 Å². The van der Waals surface area contributed by atoms with E-state index in [4.69, 9.17) is 4.74 Å². The van der Waals surface area contributed by atoms with Gasteiger partial charge in [-0.15, -0.1) is 0 Å². The average Bonchev–Trinajstić information content (AvgIpc) is 2.60. The third-order valence-corrected chi connectivity index (χ3v) is 3.88. The smallest absolute Gasteiger partial charge is 0.194 e. The van der Waals surface area contributed by atoms with E-state index < -0.39 is 0 Å². The predicted molar refractivity (Wildman–Crippen MR) is 92.0 cm³/mol. The Kier molecular flexibility index (Phi) is 4.67. The summed E-state index contributed by atoms with van der Waals surface area (Å²) in [5, 5.41) is 0. The molecule has 3 aromatic rings. The Morgan fingerprint density at radius 1 is 0.542 bits per heavy atom. The summed E-state index contributed by atoms with van der Waals surface area (Å²) in [6.07, 6.45) is 0. The summed E-state index contributed by atoms with van der Waals surface area (Å²) >= 11 is 0. The van der Waals surface area contributed by atoms with Crippen LogP contribution in [0.15, 0.2) is 72.8 Å². The molecule has 0 spiro atoms. The second kappa shape index (κ2) is 6.73. The zero-order valence-corrected chi connectivity index (χ0v) is 15.2. The van der Waals surface area contributed by atoms with E-state index in [9.17, 15) is 9.59 Å². The van der Waals surface area contributed by atoms with Gasteiger partial charge in [-0.2, -0.15) is 0 Å². The molecule has 0 atom stereocenters. The molecule has 0 saturated heterocycles. The number of para-hydroxylation sites is 1. The van der Waals surface area contributed by atoms with Crippen molar-refractivity contribution >= 4 is 41.1 Å². The first-order valence-electron chi connectivity index (χ1n) is 7.29. The maximum atomic E-state index is 12.7. The quantitative estimate of drug-likeness (QED) is 0.526. The van der Waals surface area contributed by atoms with Crippen molar-refractivity contribution in [1.82, 2.24) is 0 Å². The Morgan fingerprint density at radius 3 is 1.75 bits per heavy atom. The fraction of sp³-hybridized carbons (Fsp3) is 0. The van der Waals surface area contributed by atoms with Crippen LogP contribution in [-0.2, 0) is 0 Å². The molecule has 4 rings (SSSR count). The van der Waals surface area contributed by atoms with Crippen LogP contribution in [0.3, 0.4) is 0 Å². The predicted octanol–water partition coefficient (Wildman–Crippen LogP) is 3.87. The molecule has 0 saturated carbocycles. The molecule has 3 aromatic carbocycles. The summed E-state index contributed by atoms with van der Waals surface area (Å²) < 4.78 is 5.75. The van der Waals surface area contributed by atoms with Gasteiger partial charge >= 0.3 is 0 Å². The third-order valence-electron chi connectivity index (χ3n) is 3.88. The Balaban J connectivity index is 0.00000169. The van der Waals surface area contributed by atoms with Gasteiger partial charge in [0.2, 0.25) is 0 Å². The van der Waals surface area contributed by atoms with Gasteiger partial charge in [-0.3, -0.25) is 9.59 Å². The number of rotatable bonds is 2. The summed E-state index contributed by atoms with van der Waals surface area (Å²) in [7, 11) is 0. The van der Waals surface area contributed by atoms with Crippen LogP contribution in [0.25, 0.3) is 0 Å². The van der Waals surface area contributed by atoms with Gasteiger partial charge in [0, 0.05) is 51.8 Å². The molecular weight excluding hydrogens is 311 g/mol. The zero-order valence-electron chi connectivity index (χ0n) is 13.2. The van der Waals surface area contributed by atoms with Crippen LogP contribution in [0, 0.1) is 0 Å². The van der Waals surface area contributed by atoms with Crippen molar-refractivity contribution in [3.05, 3.63) is 95.1 Å². The minimum Gasteiger partial charge on any atom is -0.457 e. The van der Waals surface area contributed by atoms with Crippen LogP contribution in [0.4, 0.5) is 0 Å². The Hall–Kier alpha value is -2.20. The summed E-state index contributed by atoms with van der Waals surface area (Å²) in [6, 6.07) is 21.2. The molecule has 0 N–H and O–H groups in total. The number of carbonyl (C=O) groups excluding carboxylic acids is 2. The first-order chi connectivity index (χ1) is 11.2. The van der Waals surface area contributed by atoms with Crippen LogP contribution in [0.2, 0.25) is 0 Å². The first-order valence-corrected chi connectivity index (χ1v) is 7.29. The van der Waals surface area contributed by atoms with E-state index in [1.165, 1.54) is 0 Å². The summed E-state index contributed by atoms with van der Waals surface area (Å²) in [4.78, 5) is 25.2. The summed E-state index contributed by atoms with van der Waals surface area (Å²) in [5.41, 5.74) is 1.72. The molecule has 0 bridgehead atoms. The molecule has 1 aliphatic rings. The second-order valence-electron chi connectivity index (χ2n) is 5.33. The number of fused-ring (bicyclic) bond motifs is 2. The number of carbonyl (C=O) groups is 2. The van der Waals surface area contributed by atoms with Crippen LogP contribution in [-0.4, -0.2) is 41.1 Å². The van der Waals surface area contributed by atoms with Gasteiger partial charge in [-0.1, -0.05) is 42.5 Å². The number of ketones is 2. The fourth-order valence-corrected chi connectivity index (χ4v) is 2.77. The van der Waals surface area contributed by atoms with Crippen LogP contribution >= 0.6 is 0 Å². The van der Waals surface area contributed by atoms with Gasteiger partial charge in [-0.05, 0) is 30.3 Å². The molecule has 111 valence electrons. The van der Waals surface area contributed by atoms with Gasteiger partial charge in [0.15, 0.2) is 11.6 Å². The van der Waals surface area contributed by atoms with Gasteiger partial charge in [0.25, 0.3) is 0 Å². The Morgan fingerprint density at radius 2 is 1.08 bits per heavy atom. The topological polar surface area (TPSA) is 43.4 Å². The molecule has 0 fully saturated rings. The number of hydrogen-bond donors (Lipinski definition) is 0. The van der Waals surface area contributed by atoms with Gasteiger partial charge in [0.05, 0.1) is 0 Å². The number of benzene rings is 3. The molecule has 0 heterocycles. The van der Waals surface area contributed by atoms with Crippen LogP contribution in [0.1, 0.15) is 31.8 Å². The number of hydrogen-bond acceptors (Lipinski definition) is 3. The second-order valence-corrected chi connectivity index (χ2v) is 5.33. The number of ether oxygens (including phenoxy) is 1. The van der Waals surface area contributed by atoms with Crippen molar-refractivity contribution in [1.29, 1.82) is 0 Å². The van der Waals surface area contributed by atoms with Crippen molar-refractivity contribution in [2.24, 2.45) is 0 Å². The summed E-state index contributed by atoms with van der Waals surface area (Å²) in [5.74, 6) is 0.952. The molecular formula is C20H12NaO3. The van der Waals surface area contributed by atoms with Gasteiger partial charge < -0.3 is 4.74 Å². The van der Waals surface area contributed by atoms with E-state index in [1.807, 2.05) is 30.3 Å². The maximum Gasteiger partial charge on any atom is 0.194 e. The first kappa shape index (κ1) is 16.7. The maximum absolute atomic E-state index is 12.7. The van der Waals surface area contributed by atoms with E-state index in [0.29, 0.717) is 33.8 Å². The Labute approximate surface area is 161 Å². The van der Waals surface area contributed by atoms with E-state index in [-0.39, 0.29) is 41.1 Å². The van der Waals surface area contributed by atoms with Crippen molar-refractivity contribution in [3.63, 3.8) is 0 Å². The van der Waals surface area contributed by atoms with Crippen molar-refractivity contribution in [3.8, 4) is 11.5 Å². The Bertz CT molecular complexity index is 933. The zero-order chi connectivity index (χ0) is 15.8. The van der Waals surface area contributed by atoms with Crippen LogP contribution in [0.5, 0.6) is 11.5 Å². The van der Waals surface area contributed by atoms with E-state index >= 15 is 0 Å². The molecule has 0 unspecified atom stereocenters. The van der Waals surface area contributed by atoms with Crippen molar-refractivity contribution in [2.45, 2.75) is 0 Å². The molecule has 1 radical (unpaired) electrons. The molecule has 4 heteroatoms. The average molecular weight is 323 g/mol. The molecule has 0 aliphatic heterocycles. The van der Waals surface area contributed by atoms with E-state index in [0.717, 1.165) is 0 Å². The van der Waals surface area contributed by atoms with Gasteiger partial charge in [0.1, 0.15) is 11.5 Å². The molecule has 3 nitrogen and oxygen atoms in total. The standard InChI is InChI=1S/C20H12O3.Na/c21-19-15-8-4-5-9-16(15)20(22)18-12-14(10-11-17(18)19)23-13-6-2-1-3-7-13;/h1-12H;. The van der Waals surface area contributed by atoms with Gasteiger partial charge in [-0.25, -0.2) is 0 Å². The minimum atomic E-state index is -0.145.